The first-order valence-corrected chi connectivity index (χ1v) is 14.2. The lowest BCUT2D eigenvalue weighted by atomic mass is 10.1. The summed E-state index contributed by atoms with van der Waals surface area (Å²) < 4.78 is 11.9. The number of carbonyl (C=O) groups excluding carboxylic acids is 6. The average Bonchev–Trinajstić information content (AvgIpc) is 3.48. The molecule has 12 nitrogen and oxygen atoms in total. The van der Waals surface area contributed by atoms with Gasteiger partial charge in [0, 0.05) is 6.07 Å². The minimum atomic E-state index is -1.46. The highest BCUT2D eigenvalue weighted by Crippen LogP contribution is 2.34. The van der Waals surface area contributed by atoms with Crippen molar-refractivity contribution in [2.75, 3.05) is 9.80 Å². The van der Waals surface area contributed by atoms with Crippen LogP contribution in [0.25, 0.3) is 0 Å². The Bertz CT molecular complexity index is 2070. The van der Waals surface area contributed by atoms with E-state index < -0.39 is 35.6 Å². The van der Waals surface area contributed by atoms with Crippen molar-refractivity contribution in [2.45, 2.75) is 0 Å². The number of aromatic carboxylic acids is 2. The van der Waals surface area contributed by atoms with Crippen molar-refractivity contribution in [3.63, 3.8) is 0 Å². The van der Waals surface area contributed by atoms with Crippen molar-refractivity contribution in [2.24, 2.45) is 0 Å². The molecule has 5 aromatic rings. The first kappa shape index (κ1) is 29.6. The van der Waals surface area contributed by atoms with Crippen LogP contribution in [0.4, 0.5) is 11.4 Å². The Morgan fingerprint density at radius 2 is 0.812 bits per heavy atom. The third-order valence-corrected chi connectivity index (χ3v) is 7.71. The molecule has 2 aliphatic heterocycles. The second-order valence-electron chi connectivity index (χ2n) is 10.7. The smallest absolute Gasteiger partial charge is 0.266 e. The summed E-state index contributed by atoms with van der Waals surface area (Å²) in [4.78, 5) is 75.9. The zero-order valence-corrected chi connectivity index (χ0v) is 24.4. The van der Waals surface area contributed by atoms with Crippen molar-refractivity contribution in [1.82, 2.24) is 0 Å². The molecule has 0 saturated carbocycles. The van der Waals surface area contributed by atoms with Crippen LogP contribution in [-0.4, -0.2) is 35.6 Å². The van der Waals surface area contributed by atoms with Gasteiger partial charge in [-0.3, -0.25) is 19.2 Å². The molecule has 234 valence electrons. The van der Waals surface area contributed by atoms with E-state index in [2.05, 4.69) is 0 Å². The Hall–Kier alpha value is -7.08. The van der Waals surface area contributed by atoms with Crippen LogP contribution in [0.3, 0.4) is 0 Å². The lowest BCUT2D eigenvalue weighted by Gasteiger charge is -2.15. The highest BCUT2D eigenvalue weighted by molar-refractivity contribution is 6.35. The number of hydrogen-bond acceptors (Lipinski definition) is 10. The van der Waals surface area contributed by atoms with E-state index in [9.17, 15) is 39.0 Å². The Kier molecular flexibility index (Phi) is 7.02. The predicted octanol–water partition coefficient (Wildman–Crippen LogP) is 3.60. The van der Waals surface area contributed by atoms with Crippen LogP contribution in [0.15, 0.2) is 109 Å². The van der Waals surface area contributed by atoms with Gasteiger partial charge in [-0.05, 0) is 96.1 Å². The van der Waals surface area contributed by atoms with E-state index in [1.807, 2.05) is 0 Å². The summed E-state index contributed by atoms with van der Waals surface area (Å²) in [6.45, 7) is 0. The van der Waals surface area contributed by atoms with Gasteiger partial charge in [0.1, 0.15) is 23.0 Å². The topological polar surface area (TPSA) is 173 Å². The van der Waals surface area contributed by atoms with Crippen molar-refractivity contribution in [3.05, 3.63) is 143 Å². The molecular weight excluding hydrogens is 620 g/mol. The Morgan fingerprint density at radius 3 is 1.19 bits per heavy atom. The zero-order valence-electron chi connectivity index (χ0n) is 24.4. The Balaban J connectivity index is 1.02. The molecule has 12 heteroatoms. The number of carboxylic acid groups (broad SMARTS) is 2. The number of rotatable bonds is 8. The maximum absolute atomic E-state index is 12.9. The summed E-state index contributed by atoms with van der Waals surface area (Å²) in [5.41, 5.74) is 0.269. The molecule has 2 aliphatic rings. The van der Waals surface area contributed by atoms with Gasteiger partial charge in [0.2, 0.25) is 0 Å². The number of imide groups is 2. The van der Waals surface area contributed by atoms with Gasteiger partial charge in [-0.2, -0.15) is 0 Å². The van der Waals surface area contributed by atoms with Gasteiger partial charge in [0.05, 0.1) is 45.6 Å². The van der Waals surface area contributed by atoms with Gasteiger partial charge in [0.15, 0.2) is 0 Å². The van der Waals surface area contributed by atoms with Crippen LogP contribution < -0.4 is 29.5 Å². The predicted molar refractivity (Wildman–Crippen MR) is 163 cm³/mol. The molecule has 7 rings (SSSR count). The number of amides is 4. The molecule has 48 heavy (non-hydrogen) atoms. The molecule has 0 saturated heterocycles. The van der Waals surface area contributed by atoms with E-state index in [0.29, 0.717) is 23.0 Å². The fourth-order valence-electron chi connectivity index (χ4n) is 5.40. The summed E-state index contributed by atoms with van der Waals surface area (Å²) in [6.07, 6.45) is 0. The lowest BCUT2D eigenvalue weighted by Crippen LogP contribution is -2.29. The number of ether oxygens (including phenoxy) is 2. The van der Waals surface area contributed by atoms with Gasteiger partial charge in [-0.25, -0.2) is 9.80 Å². The molecule has 2 heterocycles. The first-order valence-electron chi connectivity index (χ1n) is 14.2. The Labute approximate surface area is 270 Å². The van der Waals surface area contributed by atoms with Crippen LogP contribution in [0.2, 0.25) is 0 Å². The molecule has 4 amide bonds. The summed E-state index contributed by atoms with van der Waals surface area (Å²) in [5.74, 6) is -3.77. The second kappa shape index (κ2) is 11.4. The number of hydrogen-bond donors (Lipinski definition) is 0. The number of carboxylic acids is 2. The van der Waals surface area contributed by atoms with E-state index in [1.54, 1.807) is 48.5 Å². The van der Waals surface area contributed by atoms with E-state index in [1.165, 1.54) is 48.5 Å². The minimum Gasteiger partial charge on any atom is -0.545 e. The zero-order chi connectivity index (χ0) is 33.7. The van der Waals surface area contributed by atoms with Crippen LogP contribution in [0.1, 0.15) is 62.1 Å². The molecule has 0 aromatic heterocycles. The highest BCUT2D eigenvalue weighted by atomic mass is 16.5. The van der Waals surface area contributed by atoms with Crippen molar-refractivity contribution in [3.8, 4) is 23.0 Å². The van der Waals surface area contributed by atoms with Gasteiger partial charge < -0.3 is 29.3 Å². The SMILES string of the molecule is O=C([O-])c1ccc2c(c1)C(=O)N(c1ccc(Oc3cccc(Oc4ccc(N5C(=O)c6ccc(C(=O)[O-])cc6C5=O)cc4)c3)cc1)C2=O. The second-order valence-corrected chi connectivity index (χ2v) is 10.7. The molecule has 0 aliphatic carbocycles. The lowest BCUT2D eigenvalue weighted by molar-refractivity contribution is -0.256. The standard InChI is InChI=1S/C36H20N2O10/c39-31-27-14-4-19(35(43)44)16-29(27)33(41)37(31)21-6-10-23(11-7-21)47-25-2-1-3-26(18-25)48-24-12-8-22(9-13-24)38-32(40)28-15-5-20(36(45)46)17-30(28)34(38)42/h1-18H,(H,43,44)(H,45,46)/p-2. The summed E-state index contributed by atoms with van der Waals surface area (Å²) in [6, 6.07) is 26.3. The number of anilines is 2. The molecule has 0 radical (unpaired) electrons. The van der Waals surface area contributed by atoms with Crippen molar-refractivity contribution < 1.29 is 48.5 Å². The maximum Gasteiger partial charge on any atom is 0.266 e. The third kappa shape index (κ3) is 5.08. The third-order valence-electron chi connectivity index (χ3n) is 7.71. The number of fused-ring (bicyclic) bond motifs is 2. The molecule has 0 bridgehead atoms. The molecule has 5 aromatic carbocycles. The largest absolute Gasteiger partial charge is 0.545 e. The van der Waals surface area contributed by atoms with Crippen LogP contribution in [-0.2, 0) is 0 Å². The van der Waals surface area contributed by atoms with Crippen LogP contribution >= 0.6 is 0 Å². The first-order chi connectivity index (χ1) is 23.1. The Morgan fingerprint density at radius 1 is 0.438 bits per heavy atom. The fraction of sp³-hybridized carbons (Fsp3) is 0. The summed E-state index contributed by atoms with van der Waals surface area (Å²) in [5, 5.41) is 22.4. The molecule has 0 fully saturated rings. The van der Waals surface area contributed by atoms with Crippen LogP contribution in [0, 0.1) is 0 Å². The molecular formula is C36H18N2O10-2. The van der Waals surface area contributed by atoms with Gasteiger partial charge >= 0.3 is 0 Å². The van der Waals surface area contributed by atoms with Crippen molar-refractivity contribution in [1.29, 1.82) is 0 Å². The highest BCUT2D eigenvalue weighted by Gasteiger charge is 2.38. The molecule has 0 spiro atoms. The normalized spacial score (nSPS) is 13.4. The summed E-state index contributed by atoms with van der Waals surface area (Å²) >= 11 is 0. The van der Waals surface area contributed by atoms with E-state index in [4.69, 9.17) is 9.47 Å². The number of benzene rings is 5. The fourth-order valence-corrected chi connectivity index (χ4v) is 5.40. The van der Waals surface area contributed by atoms with E-state index in [-0.39, 0.29) is 44.8 Å². The van der Waals surface area contributed by atoms with Gasteiger partial charge in [-0.15, -0.1) is 0 Å². The average molecular weight is 639 g/mol. The molecule has 0 N–H and O–H groups in total. The van der Waals surface area contributed by atoms with Crippen LogP contribution in [0.5, 0.6) is 23.0 Å². The van der Waals surface area contributed by atoms with E-state index >= 15 is 0 Å². The maximum atomic E-state index is 12.9. The van der Waals surface area contributed by atoms with Gasteiger partial charge in [-0.1, -0.05) is 18.2 Å². The van der Waals surface area contributed by atoms with E-state index in [0.717, 1.165) is 21.9 Å². The number of carbonyl (C=O) groups is 6. The monoisotopic (exact) mass is 638 g/mol. The van der Waals surface area contributed by atoms with Gasteiger partial charge in [0.25, 0.3) is 23.6 Å². The quantitative estimate of drug-likeness (QED) is 0.229. The molecule has 0 unspecified atom stereocenters. The summed E-state index contributed by atoms with van der Waals surface area (Å²) in [7, 11) is 0. The number of nitrogens with zero attached hydrogens (tertiary/aromatic N) is 2. The minimum absolute atomic E-state index is 0.0221. The van der Waals surface area contributed by atoms with Crippen molar-refractivity contribution >= 4 is 46.9 Å². The molecule has 0 atom stereocenters.